The third-order valence-electron chi connectivity index (χ3n) is 3.11. The first kappa shape index (κ1) is 15.7. The molecule has 0 amide bonds. The fraction of sp³-hybridized carbons (Fsp3) is 0.133. The maximum absolute atomic E-state index is 10.9. The van der Waals surface area contributed by atoms with Crippen LogP contribution in [0.1, 0.15) is 5.56 Å². The van der Waals surface area contributed by atoms with Gasteiger partial charge in [0.15, 0.2) is 5.11 Å². The highest BCUT2D eigenvalue weighted by Crippen LogP contribution is 2.26. The summed E-state index contributed by atoms with van der Waals surface area (Å²) < 4.78 is 5.23. The van der Waals surface area contributed by atoms with E-state index in [0.29, 0.717) is 27.8 Å². The second-order valence-electron chi connectivity index (χ2n) is 4.49. The van der Waals surface area contributed by atoms with Crippen LogP contribution in [0.15, 0.2) is 42.5 Å². The molecule has 114 valence electrons. The van der Waals surface area contributed by atoms with E-state index < -0.39 is 4.92 Å². The second-order valence-corrected chi connectivity index (χ2v) is 4.89. The van der Waals surface area contributed by atoms with Crippen molar-refractivity contribution in [1.29, 1.82) is 0 Å². The molecule has 0 fully saturated rings. The van der Waals surface area contributed by atoms with Gasteiger partial charge in [0.05, 0.1) is 29.0 Å². The quantitative estimate of drug-likeness (QED) is 0.508. The zero-order valence-corrected chi connectivity index (χ0v) is 12.9. The van der Waals surface area contributed by atoms with Crippen molar-refractivity contribution in [2.75, 3.05) is 17.7 Å². The Morgan fingerprint density at radius 2 is 1.77 bits per heavy atom. The highest BCUT2D eigenvalue weighted by atomic mass is 32.1. The molecule has 0 saturated heterocycles. The Balaban J connectivity index is 2.16. The van der Waals surface area contributed by atoms with Crippen molar-refractivity contribution in [3.05, 3.63) is 58.1 Å². The van der Waals surface area contributed by atoms with Gasteiger partial charge in [-0.15, -0.1) is 0 Å². The zero-order valence-electron chi connectivity index (χ0n) is 12.1. The summed E-state index contributed by atoms with van der Waals surface area (Å²) in [6, 6.07) is 12.1. The van der Waals surface area contributed by atoms with Gasteiger partial charge in [-0.3, -0.25) is 10.1 Å². The lowest BCUT2D eigenvalue weighted by Crippen LogP contribution is -2.20. The van der Waals surface area contributed by atoms with Gasteiger partial charge in [-0.2, -0.15) is 0 Å². The summed E-state index contributed by atoms with van der Waals surface area (Å²) in [4.78, 5) is 10.5. The van der Waals surface area contributed by atoms with Gasteiger partial charge in [0.25, 0.3) is 5.69 Å². The summed E-state index contributed by atoms with van der Waals surface area (Å²) >= 11 is 5.25. The molecular formula is C15H15N3O3S. The first-order valence-electron chi connectivity index (χ1n) is 6.48. The van der Waals surface area contributed by atoms with Crippen LogP contribution in [0.4, 0.5) is 17.1 Å². The summed E-state index contributed by atoms with van der Waals surface area (Å²) in [7, 11) is 1.57. The van der Waals surface area contributed by atoms with Crippen molar-refractivity contribution in [3.8, 4) is 5.75 Å². The number of methoxy groups -OCH3 is 1. The van der Waals surface area contributed by atoms with Gasteiger partial charge in [-0.05, 0) is 37.3 Å². The number of nitrogens with zero attached hydrogens (tertiary/aromatic N) is 1. The topological polar surface area (TPSA) is 76.4 Å². The first-order valence-corrected chi connectivity index (χ1v) is 6.88. The van der Waals surface area contributed by atoms with Crippen LogP contribution in [0.3, 0.4) is 0 Å². The Labute approximate surface area is 133 Å². The fourth-order valence-electron chi connectivity index (χ4n) is 1.98. The number of rotatable bonds is 4. The molecule has 0 saturated carbocycles. The average molecular weight is 317 g/mol. The van der Waals surface area contributed by atoms with Crippen LogP contribution in [0.2, 0.25) is 0 Å². The third-order valence-corrected chi connectivity index (χ3v) is 3.31. The van der Waals surface area contributed by atoms with E-state index in [0.717, 1.165) is 0 Å². The maximum Gasteiger partial charge on any atom is 0.274 e. The summed E-state index contributed by atoms with van der Waals surface area (Å²) in [5, 5.41) is 17.3. The van der Waals surface area contributed by atoms with E-state index in [-0.39, 0.29) is 5.69 Å². The smallest absolute Gasteiger partial charge is 0.274 e. The van der Waals surface area contributed by atoms with E-state index in [1.165, 1.54) is 6.07 Å². The van der Waals surface area contributed by atoms with Crippen molar-refractivity contribution < 1.29 is 9.66 Å². The SMILES string of the molecule is COc1ccccc1NC(=S)Nc1cccc([N+](=O)[O-])c1C. The fourth-order valence-corrected chi connectivity index (χ4v) is 2.20. The molecule has 22 heavy (non-hydrogen) atoms. The number of anilines is 2. The van der Waals surface area contributed by atoms with Gasteiger partial charge in [0.1, 0.15) is 5.75 Å². The molecule has 0 aliphatic rings. The molecule has 0 radical (unpaired) electrons. The molecule has 2 aromatic carbocycles. The largest absolute Gasteiger partial charge is 0.495 e. The zero-order chi connectivity index (χ0) is 16.1. The number of nitro benzene ring substituents is 1. The van der Waals surface area contributed by atoms with Gasteiger partial charge < -0.3 is 15.4 Å². The lowest BCUT2D eigenvalue weighted by Gasteiger charge is -2.14. The molecular weight excluding hydrogens is 302 g/mol. The minimum Gasteiger partial charge on any atom is -0.495 e. The number of hydrogen-bond acceptors (Lipinski definition) is 4. The lowest BCUT2D eigenvalue weighted by molar-refractivity contribution is -0.385. The molecule has 7 heteroatoms. The van der Waals surface area contributed by atoms with E-state index in [1.807, 2.05) is 24.3 Å². The van der Waals surface area contributed by atoms with E-state index in [4.69, 9.17) is 17.0 Å². The lowest BCUT2D eigenvalue weighted by atomic mass is 10.1. The first-order chi connectivity index (χ1) is 10.5. The van der Waals surface area contributed by atoms with Crippen LogP contribution in [0.5, 0.6) is 5.75 Å². The van der Waals surface area contributed by atoms with Crippen LogP contribution in [-0.4, -0.2) is 17.1 Å². The van der Waals surface area contributed by atoms with Crippen molar-refractivity contribution in [1.82, 2.24) is 0 Å². The normalized spacial score (nSPS) is 9.91. The molecule has 0 aliphatic heterocycles. The number of para-hydroxylation sites is 2. The Kier molecular flexibility index (Phi) is 4.90. The summed E-state index contributed by atoms with van der Waals surface area (Å²) in [6.45, 7) is 1.67. The standard InChI is InChI=1S/C15H15N3O3S/c1-10-11(7-5-8-13(10)18(19)20)16-15(22)17-12-6-3-4-9-14(12)21-2/h3-9H,1-2H3,(H2,16,17,22). The van der Waals surface area contributed by atoms with Crippen molar-refractivity contribution in [3.63, 3.8) is 0 Å². The monoisotopic (exact) mass is 317 g/mol. The Hall–Kier alpha value is -2.67. The summed E-state index contributed by atoms with van der Waals surface area (Å²) in [6.07, 6.45) is 0. The van der Waals surface area contributed by atoms with Crippen LogP contribution >= 0.6 is 12.2 Å². The molecule has 0 heterocycles. The highest BCUT2D eigenvalue weighted by Gasteiger charge is 2.14. The molecule has 2 N–H and O–H groups in total. The molecule has 0 unspecified atom stereocenters. The highest BCUT2D eigenvalue weighted by molar-refractivity contribution is 7.80. The average Bonchev–Trinajstić information content (AvgIpc) is 2.49. The summed E-state index contributed by atoms with van der Waals surface area (Å²) in [5.74, 6) is 0.655. The molecule has 2 rings (SSSR count). The van der Waals surface area contributed by atoms with Crippen molar-refractivity contribution >= 4 is 34.4 Å². The maximum atomic E-state index is 10.9. The van der Waals surface area contributed by atoms with Crippen molar-refractivity contribution in [2.24, 2.45) is 0 Å². The van der Waals surface area contributed by atoms with Crippen molar-refractivity contribution in [2.45, 2.75) is 6.92 Å². The Bertz CT molecular complexity index is 719. The number of hydrogen-bond donors (Lipinski definition) is 2. The molecule has 0 atom stereocenters. The minimum atomic E-state index is -0.419. The second kappa shape index (κ2) is 6.86. The van der Waals surface area contributed by atoms with Gasteiger partial charge >= 0.3 is 0 Å². The Morgan fingerprint density at radius 1 is 1.14 bits per heavy atom. The van der Waals surface area contributed by atoms with E-state index in [9.17, 15) is 10.1 Å². The molecule has 2 aromatic rings. The number of ether oxygens (including phenoxy) is 1. The molecule has 0 aliphatic carbocycles. The van der Waals surface area contributed by atoms with Gasteiger partial charge in [0.2, 0.25) is 0 Å². The number of benzene rings is 2. The molecule has 0 bridgehead atoms. The molecule has 0 aromatic heterocycles. The molecule has 0 spiro atoms. The van der Waals surface area contributed by atoms with E-state index in [1.54, 1.807) is 26.2 Å². The predicted molar refractivity (Wildman–Crippen MR) is 90.7 cm³/mol. The molecule has 6 nitrogen and oxygen atoms in total. The predicted octanol–water partition coefficient (Wildman–Crippen LogP) is 3.72. The van der Waals surface area contributed by atoms with Crippen LogP contribution in [0.25, 0.3) is 0 Å². The van der Waals surface area contributed by atoms with Crippen LogP contribution < -0.4 is 15.4 Å². The van der Waals surface area contributed by atoms with E-state index >= 15 is 0 Å². The minimum absolute atomic E-state index is 0.0464. The van der Waals surface area contributed by atoms with Crippen LogP contribution in [0, 0.1) is 17.0 Å². The van der Waals surface area contributed by atoms with Gasteiger partial charge in [0, 0.05) is 6.07 Å². The summed E-state index contributed by atoms with van der Waals surface area (Å²) in [5.41, 5.74) is 1.87. The number of nitro groups is 1. The third kappa shape index (κ3) is 3.50. The number of nitrogens with one attached hydrogen (secondary N) is 2. The Morgan fingerprint density at radius 3 is 2.45 bits per heavy atom. The van der Waals surface area contributed by atoms with E-state index in [2.05, 4.69) is 10.6 Å². The van der Waals surface area contributed by atoms with Gasteiger partial charge in [-0.25, -0.2) is 0 Å². The van der Waals surface area contributed by atoms with Crippen LogP contribution in [-0.2, 0) is 0 Å². The number of thiocarbonyl (C=S) groups is 1. The van der Waals surface area contributed by atoms with Gasteiger partial charge in [-0.1, -0.05) is 18.2 Å².